The monoisotopic (exact) mass is 596 g/mol. The summed E-state index contributed by atoms with van der Waals surface area (Å²) in [5.41, 5.74) is 1.58. The second kappa shape index (κ2) is 16.7. The van der Waals surface area contributed by atoms with Gasteiger partial charge in [-0.25, -0.2) is 4.79 Å². The van der Waals surface area contributed by atoms with Crippen LogP contribution in [0.3, 0.4) is 0 Å². The maximum atomic E-state index is 11.8. The lowest BCUT2D eigenvalue weighted by atomic mass is 9.98. The van der Waals surface area contributed by atoms with Crippen LogP contribution in [-0.2, 0) is 47.6 Å². The summed E-state index contributed by atoms with van der Waals surface area (Å²) in [6, 6.07) is 11.2. The highest BCUT2D eigenvalue weighted by atomic mass is 35.5. The van der Waals surface area contributed by atoms with Crippen LogP contribution in [0.5, 0.6) is 5.75 Å². The summed E-state index contributed by atoms with van der Waals surface area (Å²) in [5.74, 6) is -0.476. The van der Waals surface area contributed by atoms with Gasteiger partial charge in [-0.15, -0.1) is 0 Å². The van der Waals surface area contributed by atoms with Gasteiger partial charge in [0, 0.05) is 0 Å². The van der Waals surface area contributed by atoms with Gasteiger partial charge in [0.05, 0.1) is 24.3 Å². The number of esters is 1. The minimum Gasteiger partial charge on any atom is -0.465 e. The molecule has 41 heavy (non-hydrogen) atoms. The molecule has 0 N–H and O–H groups in total. The Morgan fingerprint density at radius 3 is 2.05 bits per heavy atom. The van der Waals surface area contributed by atoms with Crippen LogP contribution >= 0.6 is 11.6 Å². The predicted molar refractivity (Wildman–Crippen MR) is 142 cm³/mol. The topological polar surface area (TPSA) is 150 Å². The van der Waals surface area contributed by atoms with E-state index in [1.807, 2.05) is 0 Å². The van der Waals surface area contributed by atoms with E-state index < -0.39 is 94.8 Å². The highest BCUT2D eigenvalue weighted by Gasteiger charge is 2.49. The summed E-state index contributed by atoms with van der Waals surface area (Å²) in [4.78, 5) is 57.5. The van der Waals surface area contributed by atoms with Crippen molar-refractivity contribution in [1.29, 1.82) is 0 Å². The Morgan fingerprint density at radius 1 is 0.854 bits per heavy atom. The number of rotatable bonds is 17. The third kappa shape index (κ3) is 8.73. The zero-order chi connectivity index (χ0) is 33.1. The van der Waals surface area contributed by atoms with Crippen molar-refractivity contribution in [2.45, 2.75) is 30.7 Å². The minimum absolute atomic E-state index is 0.0408. The molecule has 0 bridgehead atoms. The quantitative estimate of drug-likeness (QED) is 0.194. The Bertz CT molecular complexity index is 1380. The molecule has 1 fully saturated rings. The van der Waals surface area contributed by atoms with Crippen molar-refractivity contribution in [2.24, 2.45) is 0 Å². The molecule has 0 spiro atoms. The van der Waals surface area contributed by atoms with E-state index in [4.69, 9.17) is 50.2 Å². The molecule has 13 heteroatoms. The fraction of sp³-hybridized carbons (Fsp3) is 0.393. The van der Waals surface area contributed by atoms with E-state index in [0.29, 0.717) is 16.7 Å². The zero-order valence-corrected chi connectivity index (χ0v) is 22.5. The van der Waals surface area contributed by atoms with Gasteiger partial charge in [-0.3, -0.25) is 0 Å². The number of hydrogen-bond acceptors (Lipinski definition) is 12. The van der Waals surface area contributed by atoms with E-state index in [1.54, 1.807) is 36.4 Å². The van der Waals surface area contributed by atoms with Crippen LogP contribution < -0.4 is 4.74 Å². The van der Waals surface area contributed by atoms with Crippen LogP contribution in [0.1, 0.15) is 15.8 Å². The van der Waals surface area contributed by atoms with Crippen molar-refractivity contribution in [2.75, 3.05) is 40.1 Å². The lowest BCUT2D eigenvalue weighted by molar-refractivity contribution is -0.299. The second-order valence-electron chi connectivity index (χ2n) is 8.29. The van der Waals surface area contributed by atoms with Crippen LogP contribution in [0.25, 0.3) is 11.1 Å². The molecule has 1 unspecified atom stereocenters. The fourth-order valence-corrected chi connectivity index (χ4v) is 4.26. The van der Waals surface area contributed by atoms with Crippen molar-refractivity contribution in [1.82, 2.24) is 0 Å². The van der Waals surface area contributed by atoms with Crippen LogP contribution in [0.2, 0.25) is 5.02 Å². The predicted octanol–water partition coefficient (Wildman–Crippen LogP) is 1.87. The van der Waals surface area contributed by atoms with E-state index in [0.717, 1.165) is 0 Å². The molecule has 2 aromatic carbocycles. The minimum atomic E-state index is -1.52. The summed E-state index contributed by atoms with van der Waals surface area (Å²) >= 11 is 6.44. The van der Waals surface area contributed by atoms with Gasteiger partial charge in [0.15, 0.2) is 0 Å². The maximum Gasteiger partial charge on any atom is 0.337 e. The first-order chi connectivity index (χ1) is 21.4. The van der Waals surface area contributed by atoms with Crippen molar-refractivity contribution < 1.29 is 62.6 Å². The van der Waals surface area contributed by atoms with Crippen molar-refractivity contribution >= 4 is 42.6 Å². The first-order valence-electron chi connectivity index (χ1n) is 14.1. The van der Waals surface area contributed by atoms with Crippen LogP contribution in [-0.4, -0.2) is 102 Å². The lowest BCUT2D eigenvalue weighted by Crippen LogP contribution is -2.63. The van der Waals surface area contributed by atoms with Gasteiger partial charge in [0.1, 0.15) is 87.1 Å². The van der Waals surface area contributed by atoms with E-state index in [-0.39, 0.29) is 10.8 Å². The molecule has 1 heterocycles. The molecule has 1 aliphatic heterocycles. The first kappa shape index (κ1) is 26.4. The molecule has 5 atom stereocenters. The van der Waals surface area contributed by atoms with E-state index >= 15 is 0 Å². The molecule has 1 saturated heterocycles. The number of benzene rings is 2. The summed E-state index contributed by atoms with van der Waals surface area (Å²) in [6.07, 6.45) is -11.4. The average Bonchev–Trinajstić information content (AvgIpc) is 2.99. The van der Waals surface area contributed by atoms with E-state index in [2.05, 4.69) is 0 Å². The van der Waals surface area contributed by atoms with Crippen LogP contribution in [0, 0.1) is 0 Å². The summed E-state index contributed by atoms with van der Waals surface area (Å²) < 4.78 is 67.7. The Labute approximate surface area is 246 Å². The number of carbonyl (C=O) groups is 5. The lowest BCUT2D eigenvalue weighted by Gasteiger charge is -2.45. The van der Waals surface area contributed by atoms with Crippen molar-refractivity contribution in [3.63, 3.8) is 0 Å². The molecule has 3 rings (SSSR count). The fourth-order valence-electron chi connectivity index (χ4n) is 4.10. The molecule has 1 aliphatic rings. The largest absolute Gasteiger partial charge is 0.465 e. The Hall–Kier alpha value is -3.52. The number of aldehydes is 4. The van der Waals surface area contributed by atoms with E-state index in [1.165, 1.54) is 13.2 Å². The summed E-state index contributed by atoms with van der Waals surface area (Å²) in [6.45, 7) is -3.42. The van der Waals surface area contributed by atoms with E-state index in [9.17, 15) is 24.0 Å². The van der Waals surface area contributed by atoms with Crippen molar-refractivity contribution in [3.8, 4) is 16.9 Å². The number of carbonyl (C=O) groups excluding carboxylic acids is 5. The average molecular weight is 597 g/mol. The van der Waals surface area contributed by atoms with Gasteiger partial charge >= 0.3 is 5.97 Å². The number of halogens is 1. The highest BCUT2D eigenvalue weighted by Crippen LogP contribution is 2.35. The molecule has 0 aromatic heterocycles. The molecule has 2 aromatic rings. The Morgan fingerprint density at radius 2 is 1.44 bits per heavy atom. The Balaban J connectivity index is 2.01. The van der Waals surface area contributed by atoms with Crippen molar-refractivity contribution in [3.05, 3.63) is 53.1 Å². The third-order valence-electron chi connectivity index (χ3n) is 5.85. The number of ether oxygens (including phenoxy) is 7. The van der Waals surface area contributed by atoms with Gasteiger partial charge < -0.3 is 52.3 Å². The number of hydrogen-bond donors (Lipinski definition) is 0. The Kier molecular flexibility index (Phi) is 10.7. The van der Waals surface area contributed by atoms with Gasteiger partial charge in [-0.2, -0.15) is 0 Å². The van der Waals surface area contributed by atoms with Gasteiger partial charge in [-0.05, 0) is 35.4 Å². The molecular weight excluding hydrogens is 564 g/mol. The zero-order valence-electron chi connectivity index (χ0n) is 25.7. The molecule has 0 aliphatic carbocycles. The second-order valence-corrected chi connectivity index (χ2v) is 8.70. The first-order valence-corrected chi connectivity index (χ1v) is 12.5. The normalized spacial score (nSPS) is 23.3. The van der Waals surface area contributed by atoms with Gasteiger partial charge in [0.25, 0.3) is 0 Å². The molecule has 0 amide bonds. The smallest absolute Gasteiger partial charge is 0.337 e. The van der Waals surface area contributed by atoms with Gasteiger partial charge in [0.2, 0.25) is 6.29 Å². The SMILES string of the molecule is [2H]C(=O)COC[C@H]1OC(Oc2cc(-c3ccc(C(=O)OC)cc3)ccc2Cl)[C@@H](OCC([2H])=O)[C@@H](OCC([2H])=O)[C@@H]1OCC([2H])=O. The van der Waals surface area contributed by atoms with Crippen LogP contribution in [0.4, 0.5) is 0 Å². The molecule has 220 valence electrons. The number of methoxy groups -OCH3 is 1. The highest BCUT2D eigenvalue weighted by molar-refractivity contribution is 6.32. The molecule has 0 radical (unpaired) electrons. The summed E-state index contributed by atoms with van der Waals surface area (Å²) in [7, 11) is 1.26. The maximum absolute atomic E-state index is 11.8. The van der Waals surface area contributed by atoms with Crippen LogP contribution in [0.15, 0.2) is 42.5 Å². The molecule has 12 nitrogen and oxygen atoms in total. The third-order valence-corrected chi connectivity index (χ3v) is 6.16. The summed E-state index contributed by atoms with van der Waals surface area (Å²) in [5, 5.41) is 0.105. The standard InChI is InChI=1S/C28H29ClO12/c1-35-27(34)19-4-2-18(3-5-19)20-6-7-21(29)22(16-20)40-28-26(39-15-11-33)25(38-14-10-32)24(37-13-9-31)23(41-28)17-36-12-8-30/h2-11,16,23-26,28H,12-15,17H2,1H3/t23-,24-,25+,26+,28?/m1/s1/i8D,9D,10D,11D. The van der Waals surface area contributed by atoms with Gasteiger partial charge in [-0.1, -0.05) is 29.8 Å². The molecule has 0 saturated carbocycles. The molecular formula is C28H29ClO12.